The van der Waals surface area contributed by atoms with E-state index in [1.54, 1.807) is 30.5 Å². The smallest absolute Gasteiger partial charge is 0.266 e. The molecule has 2 aromatic carbocycles. The Balaban J connectivity index is 1.82. The number of aromatic amines is 1. The number of hydrogen-bond acceptors (Lipinski definition) is 4. The maximum atomic E-state index is 12.3. The molecule has 1 amide bonds. The van der Waals surface area contributed by atoms with Crippen LogP contribution < -0.4 is 5.32 Å². The maximum Gasteiger partial charge on any atom is 0.266 e. The predicted molar refractivity (Wildman–Crippen MR) is 93.6 cm³/mol. The second kappa shape index (κ2) is 6.47. The third kappa shape index (κ3) is 3.75. The molecule has 7 heteroatoms. The van der Waals surface area contributed by atoms with E-state index in [9.17, 15) is 9.00 Å². The minimum atomic E-state index is -0.925. The zero-order valence-electron chi connectivity index (χ0n) is 12.3. The molecule has 1 heterocycles. The van der Waals surface area contributed by atoms with Crippen LogP contribution in [0.3, 0.4) is 0 Å². The second-order valence-corrected chi connectivity index (χ2v) is 6.90. The quantitative estimate of drug-likeness (QED) is 0.708. The molecule has 3 rings (SSSR count). The number of nitrogens with one attached hydrogen (secondary N) is 2. The number of oxazole rings is 1. The Morgan fingerprint density at radius 1 is 1.30 bits per heavy atom. The van der Waals surface area contributed by atoms with Gasteiger partial charge in [-0.15, -0.1) is 0 Å². The minimum Gasteiger partial charge on any atom is -0.429 e. The molecule has 0 bridgehead atoms. The van der Waals surface area contributed by atoms with Crippen LogP contribution in [0.5, 0.6) is 0 Å². The van der Waals surface area contributed by atoms with Gasteiger partial charge < -0.3 is 14.7 Å². The van der Waals surface area contributed by atoms with Crippen LogP contribution in [-0.2, 0) is 16.6 Å². The molecule has 2 N–H and O–H groups in total. The number of hydrogen-bond donors (Lipinski definition) is 2. The molecule has 0 radical (unpaired) electrons. The van der Waals surface area contributed by atoms with E-state index in [0.29, 0.717) is 22.6 Å². The molecule has 0 aliphatic heterocycles. The summed E-state index contributed by atoms with van der Waals surface area (Å²) >= 11 is 4.93. The number of H-pyrrole nitrogens is 1. The van der Waals surface area contributed by atoms with Crippen LogP contribution in [0, 0.1) is 4.84 Å². The average molecular weight is 346 g/mol. The number of fused-ring (bicyclic) bond motifs is 1. The van der Waals surface area contributed by atoms with Crippen LogP contribution in [0.4, 0.5) is 5.69 Å². The normalized spacial score (nSPS) is 12.2. The van der Waals surface area contributed by atoms with E-state index in [-0.39, 0.29) is 10.7 Å². The summed E-state index contributed by atoms with van der Waals surface area (Å²) in [5.74, 6) is 0.212. The van der Waals surface area contributed by atoms with Crippen molar-refractivity contribution < 1.29 is 13.4 Å². The van der Waals surface area contributed by atoms with E-state index in [4.69, 9.17) is 16.6 Å². The number of amides is 1. The zero-order chi connectivity index (χ0) is 16.4. The monoisotopic (exact) mass is 346 g/mol. The third-order valence-electron chi connectivity index (χ3n) is 3.24. The number of benzene rings is 2. The fourth-order valence-electron chi connectivity index (χ4n) is 2.26. The van der Waals surface area contributed by atoms with Crippen LogP contribution in [0.1, 0.15) is 15.9 Å². The van der Waals surface area contributed by atoms with Crippen molar-refractivity contribution in [2.75, 3.05) is 11.6 Å². The Labute approximate surface area is 140 Å². The van der Waals surface area contributed by atoms with Crippen LogP contribution in [-0.4, -0.2) is 21.4 Å². The summed E-state index contributed by atoms with van der Waals surface area (Å²) in [6.45, 7) is 0. The van der Waals surface area contributed by atoms with Gasteiger partial charge in [0.25, 0.3) is 10.7 Å². The fraction of sp³-hybridized carbons (Fsp3) is 0.125. The van der Waals surface area contributed by atoms with Crippen molar-refractivity contribution in [3.63, 3.8) is 0 Å². The molecule has 1 aromatic heterocycles. The average Bonchev–Trinajstić information content (AvgIpc) is 2.85. The number of rotatable bonds is 4. The fourth-order valence-corrected chi connectivity index (χ4v) is 3.11. The Morgan fingerprint density at radius 2 is 2.13 bits per heavy atom. The number of carbonyl (C=O) groups excluding carboxylic acids is 1. The molecule has 1 atom stereocenters. The van der Waals surface area contributed by atoms with E-state index in [0.717, 1.165) is 11.1 Å². The summed E-state index contributed by atoms with van der Waals surface area (Å²) in [5, 5.41) is 2.83. The molecule has 5 nitrogen and oxygen atoms in total. The van der Waals surface area contributed by atoms with Crippen molar-refractivity contribution in [2.45, 2.75) is 5.75 Å². The molecule has 0 saturated carbocycles. The Kier molecular flexibility index (Phi) is 4.40. The van der Waals surface area contributed by atoms with E-state index >= 15 is 0 Å². The van der Waals surface area contributed by atoms with Crippen LogP contribution in [0.25, 0.3) is 11.1 Å². The summed E-state index contributed by atoms with van der Waals surface area (Å²) in [6.07, 6.45) is 1.65. The third-order valence-corrected chi connectivity index (χ3v) is 4.16. The van der Waals surface area contributed by atoms with E-state index in [1.807, 2.05) is 18.2 Å². The first-order valence-corrected chi connectivity index (χ1v) is 8.98. The van der Waals surface area contributed by atoms with E-state index in [1.165, 1.54) is 0 Å². The lowest BCUT2D eigenvalue weighted by Gasteiger charge is -2.07. The van der Waals surface area contributed by atoms with Crippen molar-refractivity contribution in [1.82, 2.24) is 4.98 Å². The summed E-state index contributed by atoms with van der Waals surface area (Å²) in [6, 6.07) is 12.4. The van der Waals surface area contributed by atoms with Gasteiger partial charge in [0.15, 0.2) is 5.58 Å². The lowest BCUT2D eigenvalue weighted by molar-refractivity contribution is 0.102. The van der Waals surface area contributed by atoms with Gasteiger partial charge in [0.2, 0.25) is 0 Å². The van der Waals surface area contributed by atoms with Gasteiger partial charge >= 0.3 is 0 Å². The first kappa shape index (κ1) is 15.6. The van der Waals surface area contributed by atoms with Crippen molar-refractivity contribution in [2.24, 2.45) is 0 Å². The van der Waals surface area contributed by atoms with Crippen LogP contribution in [0.2, 0.25) is 0 Å². The first-order chi connectivity index (χ1) is 11.0. The number of carbonyl (C=O) groups is 1. The largest absolute Gasteiger partial charge is 0.429 e. The number of anilines is 1. The molecule has 118 valence electrons. The van der Waals surface area contributed by atoms with Gasteiger partial charge in [0.05, 0.1) is 5.52 Å². The van der Waals surface area contributed by atoms with Gasteiger partial charge in [-0.3, -0.25) is 9.00 Å². The standard InChI is InChI=1S/C16H14N2O3S2/c1-23(20)9-10-3-2-4-12(7-10)17-15(19)11-5-6-13-14(8-11)21-16(22)18-13/h2-8H,9H2,1H3,(H,17,19)(H,18,22)/t23-/m0/s1. The topological polar surface area (TPSA) is 75.1 Å². The van der Waals surface area contributed by atoms with Crippen LogP contribution in [0.15, 0.2) is 46.9 Å². The van der Waals surface area contributed by atoms with Crippen LogP contribution >= 0.6 is 12.2 Å². The molecule has 0 aliphatic rings. The summed E-state index contributed by atoms with van der Waals surface area (Å²) < 4.78 is 16.6. The zero-order valence-corrected chi connectivity index (χ0v) is 13.9. The molecule has 0 fully saturated rings. The lowest BCUT2D eigenvalue weighted by atomic mass is 10.1. The second-order valence-electron chi connectivity index (χ2n) is 5.10. The van der Waals surface area contributed by atoms with Crippen molar-refractivity contribution >= 4 is 45.7 Å². The molecule has 23 heavy (non-hydrogen) atoms. The van der Waals surface area contributed by atoms with Gasteiger partial charge in [0.1, 0.15) is 0 Å². The summed E-state index contributed by atoms with van der Waals surface area (Å²) in [7, 11) is -0.925. The predicted octanol–water partition coefficient (Wildman–Crippen LogP) is 3.62. The van der Waals surface area contributed by atoms with E-state index in [2.05, 4.69) is 10.3 Å². The highest BCUT2D eigenvalue weighted by molar-refractivity contribution is 7.83. The van der Waals surface area contributed by atoms with Gasteiger partial charge in [-0.2, -0.15) is 0 Å². The molecule has 0 saturated heterocycles. The van der Waals surface area contributed by atoms with Gasteiger partial charge in [-0.1, -0.05) is 12.1 Å². The Hall–Kier alpha value is -2.25. The Morgan fingerprint density at radius 3 is 2.91 bits per heavy atom. The molecule has 0 aliphatic carbocycles. The molecular weight excluding hydrogens is 332 g/mol. The van der Waals surface area contributed by atoms with Crippen molar-refractivity contribution in [3.05, 3.63) is 58.4 Å². The highest BCUT2D eigenvalue weighted by Crippen LogP contribution is 2.18. The minimum absolute atomic E-state index is 0.246. The molecular formula is C16H14N2O3S2. The van der Waals surface area contributed by atoms with Gasteiger partial charge in [0, 0.05) is 34.1 Å². The van der Waals surface area contributed by atoms with Crippen molar-refractivity contribution in [1.29, 1.82) is 0 Å². The van der Waals surface area contributed by atoms with Crippen molar-refractivity contribution in [3.8, 4) is 0 Å². The van der Waals surface area contributed by atoms with E-state index < -0.39 is 10.8 Å². The maximum absolute atomic E-state index is 12.3. The molecule has 0 spiro atoms. The van der Waals surface area contributed by atoms with Gasteiger partial charge in [-0.25, -0.2) is 0 Å². The summed E-state index contributed by atoms with van der Waals surface area (Å²) in [5.41, 5.74) is 3.33. The molecule has 0 unspecified atom stereocenters. The summed E-state index contributed by atoms with van der Waals surface area (Å²) in [4.78, 5) is 15.5. The molecule has 3 aromatic rings. The Bertz CT molecular complexity index is 959. The highest BCUT2D eigenvalue weighted by atomic mass is 32.2. The lowest BCUT2D eigenvalue weighted by Crippen LogP contribution is -2.12. The van der Waals surface area contributed by atoms with Gasteiger partial charge in [-0.05, 0) is 48.1 Å². The number of aromatic nitrogens is 1. The SMILES string of the molecule is C[S@](=O)Cc1cccc(NC(=O)c2ccc3[nH]c(=S)oc3c2)c1. The first-order valence-electron chi connectivity index (χ1n) is 6.84. The highest BCUT2D eigenvalue weighted by Gasteiger charge is 2.09.